The van der Waals surface area contributed by atoms with Crippen molar-refractivity contribution in [3.8, 4) is 0 Å². The number of carbonyl (C=O) groups is 3. The van der Waals surface area contributed by atoms with Crippen molar-refractivity contribution in [2.45, 2.75) is 386 Å². The van der Waals surface area contributed by atoms with E-state index < -0.39 is 91.5 Å². The van der Waals surface area contributed by atoms with Crippen molar-refractivity contribution in [2.24, 2.45) is 0 Å². The van der Waals surface area contributed by atoms with Crippen molar-refractivity contribution >= 4 is 33.6 Å². The van der Waals surface area contributed by atoms with Gasteiger partial charge in [0.25, 0.3) is 0 Å². The lowest BCUT2D eigenvalue weighted by Gasteiger charge is -2.21. The van der Waals surface area contributed by atoms with Gasteiger partial charge in [-0.2, -0.15) is 0 Å². The van der Waals surface area contributed by atoms with Crippen molar-refractivity contribution in [1.82, 2.24) is 0 Å². The molecule has 0 saturated carbocycles. The Balaban J connectivity index is 4.36. The quantitative estimate of drug-likeness (QED) is 0.0146. The second-order valence-electron chi connectivity index (χ2n) is 29.3. The van der Waals surface area contributed by atoms with E-state index in [0.29, 0.717) is 19.3 Å². The van der Waals surface area contributed by atoms with E-state index in [1.54, 1.807) is 0 Å². The zero-order valence-corrected chi connectivity index (χ0v) is 71.9. The number of unbranched alkanes of at least 4 members (excludes halogenated alkanes) is 36. The summed E-state index contributed by atoms with van der Waals surface area (Å²) < 4.78 is 61.2. The first-order chi connectivity index (χ1) is 54.2. The molecule has 4 N–H and O–H groups in total. The number of esters is 3. The number of ether oxygens (including phenoxy) is 3. The predicted molar refractivity (Wildman–Crippen MR) is 463 cm³/mol. The van der Waals surface area contributed by atoms with Crippen LogP contribution in [-0.2, 0) is 55.8 Å². The van der Waals surface area contributed by atoms with Crippen LogP contribution in [0, 0.1) is 0 Å². The van der Waals surface area contributed by atoms with Gasteiger partial charge in [-0.05, 0) is 135 Å². The van der Waals surface area contributed by atoms with Crippen LogP contribution in [0.1, 0.15) is 367 Å². The van der Waals surface area contributed by atoms with Crippen LogP contribution in [0.15, 0.2) is 146 Å². The third-order valence-corrected chi connectivity index (χ3v) is 20.4. The summed E-state index contributed by atoms with van der Waals surface area (Å²) in [6, 6.07) is 0. The van der Waals surface area contributed by atoms with E-state index in [1.165, 1.54) is 154 Å². The Morgan fingerprint density at radius 1 is 0.261 bits per heavy atom. The van der Waals surface area contributed by atoms with Gasteiger partial charge in [0.05, 0.1) is 26.4 Å². The first-order valence-corrected chi connectivity index (χ1v) is 47.1. The van der Waals surface area contributed by atoms with Gasteiger partial charge in [0.15, 0.2) is 6.10 Å². The van der Waals surface area contributed by atoms with E-state index >= 15 is 0 Å². The number of hydrogen-bond acceptors (Lipinski definition) is 14. The van der Waals surface area contributed by atoms with Crippen molar-refractivity contribution in [3.63, 3.8) is 0 Å². The normalized spacial score (nSPS) is 14.5. The van der Waals surface area contributed by atoms with E-state index in [2.05, 4.69) is 167 Å². The van der Waals surface area contributed by atoms with Crippen LogP contribution in [0.5, 0.6) is 0 Å². The van der Waals surface area contributed by atoms with Gasteiger partial charge in [0.1, 0.15) is 25.4 Å². The van der Waals surface area contributed by atoms with Crippen LogP contribution in [0.25, 0.3) is 0 Å². The number of aliphatic hydroxyl groups is 2. The van der Waals surface area contributed by atoms with Gasteiger partial charge in [-0.3, -0.25) is 32.5 Å². The molecular formula is C93H160O16P2. The molecule has 0 aliphatic heterocycles. The second kappa shape index (κ2) is 84.8. The van der Waals surface area contributed by atoms with Gasteiger partial charge in [-0.25, -0.2) is 9.13 Å². The molecule has 111 heavy (non-hydrogen) atoms. The van der Waals surface area contributed by atoms with Crippen molar-refractivity contribution < 1.29 is 75.8 Å². The number of phosphoric ester groups is 2. The number of aliphatic hydroxyl groups excluding tert-OH is 2. The van der Waals surface area contributed by atoms with Crippen LogP contribution in [0.4, 0.5) is 0 Å². The summed E-state index contributed by atoms with van der Waals surface area (Å²) in [6.45, 7) is 2.44. The predicted octanol–water partition coefficient (Wildman–Crippen LogP) is 26.8. The molecule has 0 aromatic carbocycles. The van der Waals surface area contributed by atoms with Gasteiger partial charge in [0, 0.05) is 19.3 Å². The topological polar surface area (TPSA) is 231 Å². The Morgan fingerprint density at radius 2 is 0.477 bits per heavy atom. The van der Waals surface area contributed by atoms with E-state index in [9.17, 15) is 43.5 Å². The zero-order chi connectivity index (χ0) is 80.8. The minimum atomic E-state index is -4.93. The lowest BCUT2D eigenvalue weighted by molar-refractivity contribution is -0.161. The molecular weight excluding hydrogens is 1430 g/mol. The average molecular weight is 1600 g/mol. The largest absolute Gasteiger partial charge is 0.472 e. The standard InChI is InChI=1S/C93H160O16P2/c1-4-7-10-13-16-19-22-24-26-28-30-32-34-36-38-40-42-43-45-47-48-50-52-54-56-58-60-62-65-67-70-73-76-79-91(96)103-82-88(94)83-105-110(99,100)106-84-89(95)85-107-111(101,102)108-87-90(109-93(98)81-78-75-72-69-64-21-18-15-12-9-6-3)86-104-92(97)80-77-74-71-68-66-63-61-59-57-55-53-51-49-46-44-41-39-37-35-33-31-29-27-25-23-20-17-14-11-8-5-2/h7-8,10-11,15-20,24-27,30-33,36-39,42-43,88-90,94-95H,4-6,9,12-14,21-23,28-29,34-35,40-41,44-87H2,1-3H3,(H,99,100)(H,101,102)/b10-7-,11-8-,18-15-,19-16-,20-17-,26-24-,27-25-,32-30-,33-31-,38-36-,39-37-,43-42-. The lowest BCUT2D eigenvalue weighted by atomic mass is 10.0. The third-order valence-electron chi connectivity index (χ3n) is 18.5. The molecule has 18 heteroatoms. The van der Waals surface area contributed by atoms with Crippen molar-refractivity contribution in [3.05, 3.63) is 146 Å². The fraction of sp³-hybridized carbons (Fsp3) is 0.710. The van der Waals surface area contributed by atoms with Crippen LogP contribution >= 0.6 is 15.6 Å². The molecule has 0 fully saturated rings. The summed E-state index contributed by atoms with van der Waals surface area (Å²) in [5.74, 6) is -1.58. The summed E-state index contributed by atoms with van der Waals surface area (Å²) >= 11 is 0. The Labute approximate surface area is 677 Å². The summed E-state index contributed by atoms with van der Waals surface area (Å²) in [5, 5.41) is 20.7. The van der Waals surface area contributed by atoms with Gasteiger partial charge >= 0.3 is 33.6 Å². The summed E-state index contributed by atoms with van der Waals surface area (Å²) in [7, 11) is -9.79. The fourth-order valence-electron chi connectivity index (χ4n) is 11.9. The number of carbonyl (C=O) groups excluding carboxylic acids is 3. The minimum Gasteiger partial charge on any atom is -0.463 e. The Bertz CT molecular complexity index is 2600. The highest BCUT2D eigenvalue weighted by atomic mass is 31.2. The van der Waals surface area contributed by atoms with Crippen molar-refractivity contribution in [1.29, 1.82) is 0 Å². The molecule has 0 heterocycles. The molecule has 0 aromatic rings. The van der Waals surface area contributed by atoms with Crippen LogP contribution in [0.2, 0.25) is 0 Å². The van der Waals surface area contributed by atoms with Crippen LogP contribution < -0.4 is 0 Å². The molecule has 16 nitrogen and oxygen atoms in total. The smallest absolute Gasteiger partial charge is 0.463 e. The van der Waals surface area contributed by atoms with E-state index in [0.717, 1.165) is 154 Å². The summed E-state index contributed by atoms with van der Waals surface area (Å²) in [5.41, 5.74) is 0. The lowest BCUT2D eigenvalue weighted by Crippen LogP contribution is -2.30. The maximum Gasteiger partial charge on any atom is 0.472 e. The maximum absolute atomic E-state index is 12.9. The molecule has 0 aliphatic carbocycles. The number of allylic oxidation sites excluding steroid dienone is 24. The first kappa shape index (κ1) is 106. The van der Waals surface area contributed by atoms with Crippen LogP contribution in [0.3, 0.4) is 0 Å². The van der Waals surface area contributed by atoms with E-state index in [1.807, 2.05) is 0 Å². The highest BCUT2D eigenvalue weighted by Gasteiger charge is 2.29. The second-order valence-corrected chi connectivity index (χ2v) is 32.2. The maximum atomic E-state index is 12.9. The average Bonchev–Trinajstić information content (AvgIpc) is 0.898. The molecule has 0 aromatic heterocycles. The first-order valence-electron chi connectivity index (χ1n) is 44.1. The summed E-state index contributed by atoms with van der Waals surface area (Å²) in [6.07, 6.45) is 106. The Kier molecular flexibility index (Phi) is 81.3. The monoisotopic (exact) mass is 1600 g/mol. The highest BCUT2D eigenvalue weighted by molar-refractivity contribution is 7.47. The van der Waals surface area contributed by atoms with Gasteiger partial charge in [-0.15, -0.1) is 0 Å². The molecule has 0 amide bonds. The van der Waals surface area contributed by atoms with Crippen molar-refractivity contribution in [2.75, 3.05) is 39.6 Å². The molecule has 638 valence electrons. The molecule has 0 spiro atoms. The SMILES string of the molecule is CC/C=C\C/C=C\C/C=C\C/C=C\C/C=C\C/C=C\CCCCCCCCCCCCCCCCC(=O)OCC(O)COP(=O)(O)OCC(O)COP(=O)(O)OCC(COC(=O)CCCCCCCCCCCCCCCCC/C=C\C/C=C\C/C=C\C/C=C\C/C=C\CC)OC(=O)CCCCCCC/C=C\CCCC. The van der Waals surface area contributed by atoms with Gasteiger partial charge in [0.2, 0.25) is 0 Å². The Hall–Kier alpha value is -4.57. The number of rotatable bonds is 83. The Morgan fingerprint density at radius 3 is 0.766 bits per heavy atom. The number of phosphoric acid groups is 2. The number of hydrogen-bond donors (Lipinski definition) is 4. The van der Waals surface area contributed by atoms with Gasteiger partial charge in [-0.1, -0.05) is 359 Å². The molecule has 0 rings (SSSR count). The van der Waals surface area contributed by atoms with E-state index in [4.69, 9.17) is 32.3 Å². The zero-order valence-electron chi connectivity index (χ0n) is 70.1. The highest BCUT2D eigenvalue weighted by Crippen LogP contribution is 2.45. The molecule has 0 saturated heterocycles. The third kappa shape index (κ3) is 86.1. The molecule has 0 bridgehead atoms. The minimum absolute atomic E-state index is 0.0938. The van der Waals surface area contributed by atoms with Crippen LogP contribution in [-0.4, -0.2) is 95.9 Å². The fourth-order valence-corrected chi connectivity index (χ4v) is 13.5. The summed E-state index contributed by atoms with van der Waals surface area (Å²) in [4.78, 5) is 58.7. The molecule has 5 atom stereocenters. The molecule has 5 unspecified atom stereocenters. The molecule has 0 aliphatic rings. The van der Waals surface area contributed by atoms with Gasteiger partial charge < -0.3 is 34.2 Å². The van der Waals surface area contributed by atoms with E-state index in [-0.39, 0.29) is 19.3 Å². The molecule has 0 radical (unpaired) electrons.